The van der Waals surface area contributed by atoms with Gasteiger partial charge in [-0.1, -0.05) is 5.11 Å². The Bertz CT molecular complexity index is 825. The van der Waals surface area contributed by atoms with Crippen molar-refractivity contribution in [2.75, 3.05) is 18.9 Å². The highest BCUT2D eigenvalue weighted by Crippen LogP contribution is 2.35. The average molecular weight is 322 g/mol. The van der Waals surface area contributed by atoms with E-state index in [4.69, 9.17) is 16.0 Å². The van der Waals surface area contributed by atoms with Gasteiger partial charge in [-0.05, 0) is 5.53 Å². The molecular weight excluding hydrogens is 308 g/mol. The van der Waals surface area contributed by atoms with Crippen molar-refractivity contribution in [3.63, 3.8) is 0 Å². The predicted octanol–water partition coefficient (Wildman–Crippen LogP) is -1.12. The second-order valence-electron chi connectivity index (χ2n) is 5.09. The molecule has 12 nitrogen and oxygen atoms in total. The fraction of sp³-hybridized carbons (Fsp3) is 0.545. The number of aliphatic hydroxyl groups excluding tert-OH is 2. The first-order valence-corrected chi connectivity index (χ1v) is 6.74. The molecular formula is C11H14N8O4. The fourth-order valence-electron chi connectivity index (χ4n) is 2.69. The van der Waals surface area contributed by atoms with Crippen molar-refractivity contribution in [3.05, 3.63) is 27.1 Å². The van der Waals surface area contributed by atoms with E-state index in [1.165, 1.54) is 10.9 Å². The molecule has 3 rings (SSSR count). The summed E-state index contributed by atoms with van der Waals surface area (Å²) >= 11 is 0. The molecule has 1 saturated heterocycles. The maximum Gasteiger partial charge on any atom is 0.280 e. The van der Waals surface area contributed by atoms with Gasteiger partial charge in [0, 0.05) is 17.4 Å². The number of hydrogen-bond donors (Lipinski definition) is 4. The summed E-state index contributed by atoms with van der Waals surface area (Å²) in [7, 11) is 0. The van der Waals surface area contributed by atoms with Crippen molar-refractivity contribution in [3.8, 4) is 0 Å². The van der Waals surface area contributed by atoms with Crippen molar-refractivity contribution >= 4 is 17.1 Å². The zero-order valence-corrected chi connectivity index (χ0v) is 11.8. The van der Waals surface area contributed by atoms with E-state index in [9.17, 15) is 15.0 Å². The third-order valence-corrected chi connectivity index (χ3v) is 3.78. The SMILES string of the molecule is [N-]=[N+]=NC[C@H]1[C@@H](O)[C@H](n2cnc3c(=O)[nH]c(N)nc32)O[C@@H]1CO. The number of imidazole rings is 1. The summed E-state index contributed by atoms with van der Waals surface area (Å²) in [5.41, 5.74) is 13.6. The Balaban J connectivity index is 2.02. The lowest BCUT2D eigenvalue weighted by Gasteiger charge is -2.17. The summed E-state index contributed by atoms with van der Waals surface area (Å²) in [5.74, 6) is -0.696. The first-order valence-electron chi connectivity index (χ1n) is 6.74. The Morgan fingerprint density at radius 3 is 3.09 bits per heavy atom. The minimum absolute atomic E-state index is 0.0395. The van der Waals surface area contributed by atoms with Gasteiger partial charge in [0.25, 0.3) is 5.56 Å². The van der Waals surface area contributed by atoms with Crippen molar-refractivity contribution < 1.29 is 14.9 Å². The van der Waals surface area contributed by atoms with E-state index in [1.807, 2.05) is 0 Å². The summed E-state index contributed by atoms with van der Waals surface area (Å²) in [6, 6.07) is 0. The Morgan fingerprint density at radius 2 is 2.39 bits per heavy atom. The molecule has 122 valence electrons. The lowest BCUT2D eigenvalue weighted by molar-refractivity contribution is -0.0492. The number of nitrogens with one attached hydrogen (secondary N) is 1. The monoisotopic (exact) mass is 322 g/mol. The molecule has 2 aromatic heterocycles. The lowest BCUT2D eigenvalue weighted by atomic mass is 9.98. The number of aliphatic hydroxyl groups is 2. The second-order valence-corrected chi connectivity index (χ2v) is 5.09. The number of aromatic nitrogens is 4. The molecule has 0 amide bonds. The molecule has 0 unspecified atom stereocenters. The van der Waals surface area contributed by atoms with Gasteiger partial charge in [0.2, 0.25) is 5.95 Å². The average Bonchev–Trinajstić information content (AvgIpc) is 3.06. The van der Waals surface area contributed by atoms with E-state index in [0.29, 0.717) is 0 Å². The number of rotatable bonds is 4. The number of aromatic amines is 1. The lowest BCUT2D eigenvalue weighted by Crippen LogP contribution is -2.30. The third-order valence-electron chi connectivity index (χ3n) is 3.78. The molecule has 12 heteroatoms. The van der Waals surface area contributed by atoms with Gasteiger partial charge in [-0.25, -0.2) is 4.98 Å². The molecule has 1 aliphatic heterocycles. The van der Waals surface area contributed by atoms with E-state index < -0.39 is 29.9 Å². The normalized spacial score (nSPS) is 27.2. The van der Waals surface area contributed by atoms with Crippen LogP contribution >= 0.6 is 0 Å². The second kappa shape index (κ2) is 5.85. The number of hydrogen-bond acceptors (Lipinski definition) is 8. The van der Waals surface area contributed by atoms with Crippen LogP contribution in [0.25, 0.3) is 21.6 Å². The summed E-state index contributed by atoms with van der Waals surface area (Å²) in [6.45, 7) is -0.399. The molecule has 1 fully saturated rings. The minimum Gasteiger partial charge on any atom is -0.394 e. The van der Waals surface area contributed by atoms with Crippen molar-refractivity contribution in [2.45, 2.75) is 18.4 Å². The van der Waals surface area contributed by atoms with E-state index in [-0.39, 0.29) is 30.3 Å². The zero-order chi connectivity index (χ0) is 16.6. The topological polar surface area (TPSA) is 188 Å². The van der Waals surface area contributed by atoms with Crippen molar-refractivity contribution in [2.24, 2.45) is 11.0 Å². The summed E-state index contributed by atoms with van der Waals surface area (Å²) in [5, 5.41) is 23.2. The van der Waals surface area contributed by atoms with Crippen LogP contribution in [0, 0.1) is 5.92 Å². The standard InChI is InChI=1S/C11H14N8O4/c12-11-16-8-6(9(22)17-11)14-3-19(8)10-7(21)4(1-15-18-13)5(2-20)23-10/h3-5,7,10,20-21H,1-2H2,(H3,12,16,17,22)/t4-,5-,7-,10-/m1/s1. The number of azide groups is 1. The van der Waals surface area contributed by atoms with Crippen molar-refractivity contribution in [1.29, 1.82) is 0 Å². The van der Waals surface area contributed by atoms with E-state index >= 15 is 0 Å². The van der Waals surface area contributed by atoms with Crippen molar-refractivity contribution in [1.82, 2.24) is 19.5 Å². The van der Waals surface area contributed by atoms with Crippen LogP contribution in [0.5, 0.6) is 0 Å². The number of ether oxygens (including phenoxy) is 1. The van der Waals surface area contributed by atoms with Crippen LogP contribution in [-0.2, 0) is 4.74 Å². The summed E-state index contributed by atoms with van der Waals surface area (Å²) in [4.78, 5) is 24.7. The quantitative estimate of drug-likeness (QED) is 0.311. The maximum atomic E-state index is 11.8. The van der Waals surface area contributed by atoms with Crippen LogP contribution in [0.2, 0.25) is 0 Å². The first-order chi connectivity index (χ1) is 11.1. The van der Waals surface area contributed by atoms with Crippen LogP contribution in [0.15, 0.2) is 16.2 Å². The van der Waals surface area contributed by atoms with Crippen LogP contribution in [0.4, 0.5) is 5.95 Å². The Labute approximate surface area is 128 Å². The van der Waals surface area contributed by atoms with Crippen LogP contribution < -0.4 is 11.3 Å². The Kier molecular flexibility index (Phi) is 3.88. The smallest absolute Gasteiger partial charge is 0.280 e. The highest BCUT2D eigenvalue weighted by atomic mass is 16.5. The minimum atomic E-state index is -1.09. The molecule has 2 aromatic rings. The molecule has 1 aliphatic rings. The largest absolute Gasteiger partial charge is 0.394 e. The molecule has 0 saturated carbocycles. The summed E-state index contributed by atoms with van der Waals surface area (Å²) < 4.78 is 6.98. The molecule has 0 spiro atoms. The Morgan fingerprint density at radius 1 is 1.61 bits per heavy atom. The maximum absolute atomic E-state index is 11.8. The molecule has 4 atom stereocenters. The van der Waals surface area contributed by atoms with Gasteiger partial charge in [0.1, 0.15) is 6.10 Å². The number of nitrogens with zero attached hydrogens (tertiary/aromatic N) is 6. The molecule has 0 aliphatic carbocycles. The first kappa shape index (κ1) is 15.2. The summed E-state index contributed by atoms with van der Waals surface area (Å²) in [6.07, 6.45) is -1.45. The Hall–Kier alpha value is -2.66. The van der Waals surface area contributed by atoms with Gasteiger partial charge in [-0.15, -0.1) is 0 Å². The highest BCUT2D eigenvalue weighted by Gasteiger charge is 2.44. The molecule has 5 N–H and O–H groups in total. The molecule has 23 heavy (non-hydrogen) atoms. The molecule has 0 radical (unpaired) electrons. The zero-order valence-electron chi connectivity index (χ0n) is 11.8. The van der Waals surface area contributed by atoms with E-state index in [0.717, 1.165) is 0 Å². The molecule has 0 aromatic carbocycles. The van der Waals surface area contributed by atoms with Crippen LogP contribution in [0.1, 0.15) is 6.23 Å². The fourth-order valence-corrected chi connectivity index (χ4v) is 2.69. The van der Waals surface area contributed by atoms with Gasteiger partial charge >= 0.3 is 0 Å². The van der Waals surface area contributed by atoms with Gasteiger partial charge in [-0.2, -0.15) is 4.98 Å². The van der Waals surface area contributed by atoms with Gasteiger partial charge in [-0.3, -0.25) is 14.3 Å². The molecule has 3 heterocycles. The van der Waals surface area contributed by atoms with E-state index in [1.54, 1.807) is 0 Å². The number of nitrogen functional groups attached to an aromatic ring is 1. The van der Waals surface area contributed by atoms with Gasteiger partial charge in [0.15, 0.2) is 17.4 Å². The van der Waals surface area contributed by atoms with Gasteiger partial charge < -0.3 is 20.7 Å². The number of H-pyrrole nitrogens is 1. The number of fused-ring (bicyclic) bond motifs is 1. The van der Waals surface area contributed by atoms with Crippen LogP contribution in [-0.4, -0.2) is 55.1 Å². The van der Waals surface area contributed by atoms with Gasteiger partial charge in [0.05, 0.1) is 19.0 Å². The van der Waals surface area contributed by atoms with Crippen LogP contribution in [0.3, 0.4) is 0 Å². The number of nitrogens with two attached hydrogens (primary N) is 1. The highest BCUT2D eigenvalue weighted by molar-refractivity contribution is 5.70. The molecule has 0 bridgehead atoms. The predicted molar refractivity (Wildman–Crippen MR) is 77.1 cm³/mol. The van der Waals surface area contributed by atoms with E-state index in [2.05, 4.69) is 25.0 Å². The third kappa shape index (κ3) is 2.49. The number of anilines is 1.